The van der Waals surface area contributed by atoms with Crippen molar-refractivity contribution < 1.29 is 27.0 Å². The number of hydrogen-bond donors (Lipinski definition) is 1. The molecule has 6 aromatic rings. The van der Waals surface area contributed by atoms with E-state index in [-0.39, 0.29) is 23.9 Å². The third kappa shape index (κ3) is 8.64. The van der Waals surface area contributed by atoms with Crippen LogP contribution in [0.25, 0.3) is 22.2 Å². The number of benzene rings is 3. The van der Waals surface area contributed by atoms with Crippen LogP contribution in [0.3, 0.4) is 0 Å². The molecule has 0 unspecified atom stereocenters. The minimum Gasteiger partial charge on any atom is -0.496 e. The molecule has 0 amide bonds. The van der Waals surface area contributed by atoms with Gasteiger partial charge in [0.05, 0.1) is 40.1 Å². The van der Waals surface area contributed by atoms with Crippen molar-refractivity contribution in [3.05, 3.63) is 117 Å². The maximum atomic E-state index is 13.5. The molecule has 0 radical (unpaired) electrons. The fourth-order valence-electron chi connectivity index (χ4n) is 4.95. The molecular weight excluding hydrogens is 733 g/mol. The Morgan fingerprint density at radius 1 is 1.00 bits per heavy atom. The average Bonchev–Trinajstić information content (AvgIpc) is 3.58. The van der Waals surface area contributed by atoms with Crippen LogP contribution in [0.5, 0.6) is 11.5 Å². The van der Waals surface area contributed by atoms with E-state index in [1.807, 2.05) is 41.8 Å². The molecule has 0 spiro atoms. The number of anilines is 2. The zero-order valence-electron chi connectivity index (χ0n) is 26.1. The van der Waals surface area contributed by atoms with E-state index in [0.717, 1.165) is 37.4 Å². The van der Waals surface area contributed by atoms with Crippen LogP contribution < -0.4 is 14.8 Å². The fourth-order valence-corrected chi connectivity index (χ4v) is 6.75. The molecule has 0 aliphatic carbocycles. The predicted octanol–water partition coefficient (Wildman–Crippen LogP) is 7.43. The molecule has 14 heteroatoms. The normalized spacial score (nSPS) is 11.0. The van der Waals surface area contributed by atoms with Crippen LogP contribution in [-0.2, 0) is 28.1 Å². The summed E-state index contributed by atoms with van der Waals surface area (Å²) in [6.07, 6.45) is 4.36. The molecule has 0 aliphatic heterocycles. The number of hydrogen-bond acceptors (Lipinski definition) is 11. The van der Waals surface area contributed by atoms with Crippen molar-refractivity contribution in [2.75, 3.05) is 25.6 Å². The molecule has 6 rings (SSSR count). The first-order valence-corrected chi connectivity index (χ1v) is 17.8. The Morgan fingerprint density at radius 3 is 2.67 bits per heavy atom. The van der Waals surface area contributed by atoms with E-state index in [4.69, 9.17) is 19.2 Å². The number of pyridine rings is 1. The highest BCUT2D eigenvalue weighted by atomic mass is 79.9. The van der Waals surface area contributed by atoms with Crippen molar-refractivity contribution in [2.24, 2.45) is 0 Å². The lowest BCUT2D eigenvalue weighted by atomic mass is 10.1. The van der Waals surface area contributed by atoms with E-state index in [1.54, 1.807) is 37.6 Å². The predicted molar refractivity (Wildman–Crippen MR) is 192 cm³/mol. The molecule has 49 heavy (non-hydrogen) atoms. The highest BCUT2D eigenvalue weighted by molar-refractivity contribution is 9.10. The number of fused-ring (bicyclic) bond motifs is 1. The molecule has 0 aliphatic rings. The van der Waals surface area contributed by atoms with Gasteiger partial charge in [0.15, 0.2) is 0 Å². The topological polar surface area (TPSA) is 125 Å². The number of halogens is 2. The van der Waals surface area contributed by atoms with Crippen molar-refractivity contribution in [1.29, 1.82) is 0 Å². The first-order chi connectivity index (χ1) is 23.9. The van der Waals surface area contributed by atoms with Gasteiger partial charge in [-0.15, -0.1) is 11.3 Å². The van der Waals surface area contributed by atoms with E-state index in [1.165, 1.54) is 29.8 Å². The SMILES string of the molecule is COc1cc2ncnc(Nc3ccc(OCc4cccc(F)c4)c(Br)c3)c2cc1-c1csc(CCCOCC(c2ccccn2)=S(=O)=O)n1. The van der Waals surface area contributed by atoms with Gasteiger partial charge in [-0.2, -0.15) is 8.42 Å². The minimum absolute atomic E-state index is 0.0472. The molecule has 0 fully saturated rings. The Hall–Kier alpha value is -4.76. The highest BCUT2D eigenvalue weighted by Gasteiger charge is 2.16. The molecule has 0 bridgehead atoms. The Labute approximate surface area is 295 Å². The van der Waals surface area contributed by atoms with Crippen LogP contribution in [0, 0.1) is 5.82 Å². The number of nitrogens with zero attached hydrogens (tertiary/aromatic N) is 4. The van der Waals surface area contributed by atoms with Gasteiger partial charge in [-0.25, -0.2) is 19.3 Å². The Bertz CT molecular complexity index is 2230. The zero-order chi connectivity index (χ0) is 34.2. The lowest BCUT2D eigenvalue weighted by molar-refractivity contribution is 0.170. The van der Waals surface area contributed by atoms with Crippen LogP contribution in [-0.4, -0.2) is 53.5 Å². The summed E-state index contributed by atoms with van der Waals surface area (Å²) in [7, 11) is -0.816. The summed E-state index contributed by atoms with van der Waals surface area (Å²) in [4.78, 5) is 18.0. The van der Waals surface area contributed by atoms with Crippen molar-refractivity contribution in [3.8, 4) is 22.8 Å². The molecular formula is C35H29BrFN5O5S2. The molecule has 3 aromatic carbocycles. The second-order valence-electron chi connectivity index (χ2n) is 10.6. The largest absolute Gasteiger partial charge is 0.496 e. The molecule has 10 nitrogen and oxygen atoms in total. The van der Waals surface area contributed by atoms with Gasteiger partial charge in [0.2, 0.25) is 10.3 Å². The summed E-state index contributed by atoms with van der Waals surface area (Å²) in [6.45, 7) is 0.549. The monoisotopic (exact) mass is 761 g/mol. The Kier molecular flexibility index (Phi) is 11.2. The zero-order valence-corrected chi connectivity index (χ0v) is 29.3. The maximum absolute atomic E-state index is 13.5. The molecule has 3 aromatic heterocycles. The first-order valence-electron chi connectivity index (χ1n) is 15.0. The average molecular weight is 763 g/mol. The van der Waals surface area contributed by atoms with Crippen molar-refractivity contribution in [1.82, 2.24) is 19.9 Å². The quantitative estimate of drug-likeness (QED) is 0.0681. The van der Waals surface area contributed by atoms with Crippen molar-refractivity contribution in [2.45, 2.75) is 19.4 Å². The molecule has 250 valence electrons. The van der Waals surface area contributed by atoms with Crippen LogP contribution in [0.2, 0.25) is 0 Å². The van der Waals surface area contributed by atoms with Crippen LogP contribution in [0.1, 0.15) is 22.7 Å². The number of aryl methyl sites for hydroxylation is 1. The fraction of sp³-hybridized carbons (Fsp3) is 0.171. The first kappa shape index (κ1) is 34.1. The van der Waals surface area contributed by atoms with Gasteiger partial charge < -0.3 is 19.5 Å². The number of methoxy groups -OCH3 is 1. The van der Waals surface area contributed by atoms with Gasteiger partial charge in [0.25, 0.3) is 0 Å². The number of aromatic nitrogens is 4. The highest BCUT2D eigenvalue weighted by Crippen LogP contribution is 2.37. The number of rotatable bonds is 14. The van der Waals surface area contributed by atoms with E-state index in [0.29, 0.717) is 48.0 Å². The van der Waals surface area contributed by atoms with E-state index < -0.39 is 10.3 Å². The molecule has 0 saturated heterocycles. The summed E-state index contributed by atoms with van der Waals surface area (Å²) in [5.41, 5.74) is 4.12. The van der Waals surface area contributed by atoms with Gasteiger partial charge in [0.1, 0.15) is 40.9 Å². The summed E-state index contributed by atoms with van der Waals surface area (Å²) in [5, 5.41) is 7.04. The Morgan fingerprint density at radius 2 is 1.90 bits per heavy atom. The van der Waals surface area contributed by atoms with Gasteiger partial charge in [-0.3, -0.25) is 4.98 Å². The van der Waals surface area contributed by atoms with Gasteiger partial charge in [0, 0.05) is 47.3 Å². The maximum Gasteiger partial charge on any atom is 0.221 e. The molecule has 0 atom stereocenters. The van der Waals surface area contributed by atoms with Crippen LogP contribution >= 0.6 is 27.3 Å². The molecule has 3 heterocycles. The minimum atomic E-state index is -2.42. The van der Waals surface area contributed by atoms with E-state index in [9.17, 15) is 12.8 Å². The number of nitrogens with one attached hydrogen (secondary N) is 1. The standard InChI is InChI=1S/C35H29BrFN5O5S2/c1-45-32-17-29-26(35(40-21-39-29)41-24-10-11-31(27(36)15-24)47-18-22-6-4-7-23(37)14-22)16-25(32)30-20-48-34(42-30)9-5-13-46-19-33(49(43)44)28-8-2-3-12-38-28/h2-4,6-8,10-12,14-17,20-21H,5,9,13,18-19H2,1H3,(H,39,40,41). The van der Waals surface area contributed by atoms with Crippen LogP contribution in [0.15, 0.2) is 95.2 Å². The van der Waals surface area contributed by atoms with Crippen LogP contribution in [0.4, 0.5) is 15.9 Å². The number of ether oxygens (including phenoxy) is 3. The summed E-state index contributed by atoms with van der Waals surface area (Å²) < 4.78 is 54.9. The van der Waals surface area contributed by atoms with Crippen molar-refractivity contribution >= 4 is 64.8 Å². The Balaban J connectivity index is 1.13. The van der Waals surface area contributed by atoms with E-state index in [2.05, 4.69) is 36.2 Å². The summed E-state index contributed by atoms with van der Waals surface area (Å²) in [5.74, 6) is 1.54. The second kappa shape index (κ2) is 16.1. The van der Waals surface area contributed by atoms with Gasteiger partial charge in [-0.1, -0.05) is 18.2 Å². The summed E-state index contributed by atoms with van der Waals surface area (Å²) >= 11 is 5.11. The third-order valence-electron chi connectivity index (χ3n) is 7.33. The second-order valence-corrected chi connectivity index (χ2v) is 13.4. The summed E-state index contributed by atoms with van der Waals surface area (Å²) in [6, 6.07) is 20.8. The van der Waals surface area contributed by atoms with Gasteiger partial charge >= 0.3 is 0 Å². The smallest absolute Gasteiger partial charge is 0.221 e. The van der Waals surface area contributed by atoms with Gasteiger partial charge in [-0.05, 0) is 76.4 Å². The molecule has 0 saturated carbocycles. The van der Waals surface area contributed by atoms with E-state index >= 15 is 0 Å². The molecule has 1 N–H and O–H groups in total. The van der Waals surface area contributed by atoms with Crippen molar-refractivity contribution in [3.63, 3.8) is 0 Å². The number of thiazole rings is 1. The lowest BCUT2D eigenvalue weighted by Crippen LogP contribution is -2.14. The third-order valence-corrected chi connectivity index (χ3v) is 9.58. The lowest BCUT2D eigenvalue weighted by Gasteiger charge is -2.13.